The number of nitrogens with zero attached hydrogens (tertiary/aromatic N) is 4. The van der Waals surface area contributed by atoms with Crippen molar-refractivity contribution in [1.82, 2.24) is 35.6 Å². The fourth-order valence-corrected chi connectivity index (χ4v) is 9.11. The average molecular weight is 999 g/mol. The number of hydrogen-bond acceptors (Lipinski definition) is 14. The smallest absolute Gasteiger partial charge is 0.245 e. The average Bonchev–Trinajstić information content (AvgIpc) is 4.05. The van der Waals surface area contributed by atoms with E-state index in [0.717, 1.165) is 17.0 Å². The summed E-state index contributed by atoms with van der Waals surface area (Å²) in [7, 11) is 4.68. The van der Waals surface area contributed by atoms with Gasteiger partial charge in [-0.2, -0.15) is 0 Å². The normalized spacial score (nSPS) is 16.9. The van der Waals surface area contributed by atoms with E-state index >= 15 is 0 Å². The molecule has 20 nitrogen and oxygen atoms in total. The Morgan fingerprint density at radius 3 is 2.17 bits per heavy atom. The molecule has 3 heterocycles. The largest absolute Gasteiger partial charge is 0.379 e. The van der Waals surface area contributed by atoms with E-state index in [0.29, 0.717) is 51.0 Å². The molecular formula is C49H74N8O12S. The lowest BCUT2D eigenvalue weighted by Crippen LogP contribution is -2.57. The van der Waals surface area contributed by atoms with E-state index < -0.39 is 47.4 Å². The molecule has 1 aromatic carbocycles. The van der Waals surface area contributed by atoms with Crippen molar-refractivity contribution >= 4 is 64.3 Å². The molecule has 0 saturated carbocycles. The van der Waals surface area contributed by atoms with E-state index in [2.05, 4.69) is 26.3 Å². The first-order chi connectivity index (χ1) is 33.4. The highest BCUT2D eigenvalue weighted by Crippen LogP contribution is 2.29. The topological polar surface area (TPSA) is 244 Å². The fourth-order valence-electron chi connectivity index (χ4n) is 8.55. The number of carbonyl (C=O) groups excluding carboxylic acids is 8. The fraction of sp³-hybridized carbons (Fsp3) is 0.653. The summed E-state index contributed by atoms with van der Waals surface area (Å²) in [5.74, 6) is -2.94. The summed E-state index contributed by atoms with van der Waals surface area (Å²) in [6.45, 7) is 10.4. The summed E-state index contributed by atoms with van der Waals surface area (Å²) in [4.78, 5) is 112. The molecular weight excluding hydrogens is 925 g/mol. The van der Waals surface area contributed by atoms with Gasteiger partial charge in [0.05, 0.1) is 82.6 Å². The van der Waals surface area contributed by atoms with Crippen LogP contribution in [0.1, 0.15) is 96.6 Å². The van der Waals surface area contributed by atoms with Crippen LogP contribution in [0.2, 0.25) is 0 Å². The first-order valence-electron chi connectivity index (χ1n) is 24.1. The summed E-state index contributed by atoms with van der Waals surface area (Å²) in [5.41, 5.74) is 0.170. The molecule has 70 heavy (non-hydrogen) atoms. The van der Waals surface area contributed by atoms with E-state index in [9.17, 15) is 38.4 Å². The predicted molar refractivity (Wildman–Crippen MR) is 261 cm³/mol. The van der Waals surface area contributed by atoms with Gasteiger partial charge in [0.15, 0.2) is 0 Å². The Bertz CT molecular complexity index is 2050. The van der Waals surface area contributed by atoms with Gasteiger partial charge in [0.2, 0.25) is 47.3 Å². The van der Waals surface area contributed by atoms with Crippen LogP contribution < -0.4 is 21.3 Å². The minimum atomic E-state index is -1.36. The zero-order chi connectivity index (χ0) is 51.4. The molecule has 4 rings (SSSR count). The van der Waals surface area contributed by atoms with E-state index in [1.807, 2.05) is 31.4 Å². The minimum absolute atomic E-state index is 0.0159. The number of imide groups is 1. The molecule has 4 N–H and O–H groups in total. The molecule has 0 spiro atoms. The van der Waals surface area contributed by atoms with Crippen LogP contribution in [0.25, 0.3) is 0 Å². The molecule has 2 aliphatic heterocycles. The maximum Gasteiger partial charge on any atom is 0.245 e. The molecule has 6 atom stereocenters. The van der Waals surface area contributed by atoms with Crippen LogP contribution in [0, 0.1) is 11.8 Å². The van der Waals surface area contributed by atoms with Crippen LogP contribution in [0.3, 0.4) is 0 Å². The van der Waals surface area contributed by atoms with E-state index in [4.69, 9.17) is 18.9 Å². The van der Waals surface area contributed by atoms with Crippen molar-refractivity contribution < 1.29 is 57.3 Å². The Morgan fingerprint density at radius 2 is 1.59 bits per heavy atom. The van der Waals surface area contributed by atoms with Crippen LogP contribution in [0.15, 0.2) is 35.8 Å². The number of β-lactam (4-membered cyclic amide) rings is 1. The first kappa shape index (κ1) is 57.2. The number of benzene rings is 1. The highest BCUT2D eigenvalue weighted by molar-refractivity contribution is 7.09. The van der Waals surface area contributed by atoms with Gasteiger partial charge in [-0.05, 0) is 56.7 Å². The summed E-state index contributed by atoms with van der Waals surface area (Å²) >= 11 is 1.45. The van der Waals surface area contributed by atoms with Crippen LogP contribution >= 0.6 is 11.3 Å². The molecule has 0 radical (unpaired) electrons. The van der Waals surface area contributed by atoms with E-state index in [1.165, 1.54) is 42.1 Å². The zero-order valence-corrected chi connectivity index (χ0v) is 42.9. The molecule has 21 heteroatoms. The van der Waals surface area contributed by atoms with Crippen molar-refractivity contribution in [2.24, 2.45) is 11.8 Å². The van der Waals surface area contributed by atoms with Crippen molar-refractivity contribution in [3.63, 3.8) is 0 Å². The van der Waals surface area contributed by atoms with Gasteiger partial charge in [-0.15, -0.1) is 11.3 Å². The Hall–Kier alpha value is -5.35. The lowest BCUT2D eigenvalue weighted by Gasteiger charge is -2.39. The maximum atomic E-state index is 14.0. The SMILES string of the molecule is CCC(C)C(C(CC(=O)N1CCCC1C(OC)C(C)C(=O)NCc1nccs1)OC)N(C)C(=O)CNC(=O)C(C)(C)NC(=O)CCOCCOCCC(=O)Nc1ccc(CCC(=O)N2CCC2=O)cc1. The van der Waals surface area contributed by atoms with Crippen LogP contribution in [-0.4, -0.2) is 164 Å². The number of thiazole rings is 1. The van der Waals surface area contributed by atoms with E-state index in [-0.39, 0.29) is 100 Å². The lowest BCUT2D eigenvalue weighted by atomic mass is 9.90. The van der Waals surface area contributed by atoms with Crippen molar-refractivity contribution in [3.05, 3.63) is 46.4 Å². The third-order valence-corrected chi connectivity index (χ3v) is 13.7. The third kappa shape index (κ3) is 17.2. The Kier molecular flexibility index (Phi) is 23.3. The molecule has 2 saturated heterocycles. The molecule has 8 amide bonds. The second-order valence-electron chi connectivity index (χ2n) is 18.3. The van der Waals surface area contributed by atoms with Gasteiger partial charge >= 0.3 is 0 Å². The van der Waals surface area contributed by atoms with E-state index in [1.54, 1.807) is 44.3 Å². The van der Waals surface area contributed by atoms with Gasteiger partial charge in [-0.25, -0.2) is 4.98 Å². The molecule has 2 fully saturated rings. The van der Waals surface area contributed by atoms with Gasteiger partial charge < -0.3 is 50.0 Å². The number of hydrogen-bond donors (Lipinski definition) is 4. The summed E-state index contributed by atoms with van der Waals surface area (Å²) in [5, 5.41) is 13.7. The number of aryl methyl sites for hydroxylation is 1. The monoisotopic (exact) mass is 999 g/mol. The number of likely N-dealkylation sites (tertiary alicyclic amines) is 2. The molecule has 1 aromatic heterocycles. The molecule has 0 aliphatic carbocycles. The second-order valence-corrected chi connectivity index (χ2v) is 19.3. The van der Waals surface area contributed by atoms with Crippen molar-refractivity contribution in [2.45, 2.75) is 129 Å². The van der Waals surface area contributed by atoms with Crippen LogP contribution in [-0.2, 0) is 70.3 Å². The van der Waals surface area contributed by atoms with Crippen molar-refractivity contribution in [2.75, 3.05) is 72.6 Å². The number of anilines is 1. The van der Waals surface area contributed by atoms with Gasteiger partial charge in [0, 0.05) is 70.9 Å². The number of rotatable bonds is 30. The summed E-state index contributed by atoms with van der Waals surface area (Å²) < 4.78 is 22.8. The van der Waals surface area contributed by atoms with Gasteiger partial charge in [-0.3, -0.25) is 43.3 Å². The highest BCUT2D eigenvalue weighted by Gasteiger charge is 2.42. The van der Waals surface area contributed by atoms with Gasteiger partial charge in [-0.1, -0.05) is 39.3 Å². The number of aromatic nitrogens is 1. The van der Waals surface area contributed by atoms with Crippen molar-refractivity contribution in [1.29, 1.82) is 0 Å². The van der Waals surface area contributed by atoms with Crippen LogP contribution in [0.4, 0.5) is 5.69 Å². The number of amides is 8. The molecule has 388 valence electrons. The highest BCUT2D eigenvalue weighted by atomic mass is 32.1. The maximum absolute atomic E-state index is 14.0. The molecule has 0 bridgehead atoms. The zero-order valence-electron chi connectivity index (χ0n) is 42.0. The minimum Gasteiger partial charge on any atom is -0.379 e. The quantitative estimate of drug-likeness (QED) is 0.0651. The predicted octanol–water partition coefficient (Wildman–Crippen LogP) is 2.83. The van der Waals surface area contributed by atoms with Gasteiger partial charge in [0.1, 0.15) is 10.5 Å². The number of likely N-dealkylation sites (N-methyl/N-ethyl adjacent to an activating group) is 1. The number of nitrogens with one attached hydrogen (secondary N) is 4. The molecule has 2 aromatic rings. The Labute approximate surface area is 415 Å². The van der Waals surface area contributed by atoms with Gasteiger partial charge in [0.25, 0.3) is 0 Å². The first-order valence-corrected chi connectivity index (χ1v) is 25.0. The molecule has 2 aliphatic rings. The lowest BCUT2D eigenvalue weighted by molar-refractivity contribution is -0.152. The number of methoxy groups -OCH3 is 2. The number of ether oxygens (including phenoxy) is 4. The number of carbonyl (C=O) groups is 8. The Morgan fingerprint density at radius 1 is 0.900 bits per heavy atom. The van der Waals surface area contributed by atoms with Crippen molar-refractivity contribution in [3.8, 4) is 0 Å². The Balaban J connectivity index is 1.13. The standard InChI is InChI=1S/C49H74N8O12S/c1-9-32(2)45(37(66-7)29-43(62)56-22-10-11-36(56)46(67-8)33(3)47(64)51-30-40-50-21-28-70-40)55(6)44(63)31-52-48(65)49(4,5)54-39(59)20-25-69-27-26-68-24-19-38(58)53-35-15-12-34(13-16-35)14-17-41(60)57-23-18-42(57)61/h12-13,15-16,21,28,32-33,36-37,45-46H,9-11,14,17-20,22-27,29-31H2,1-8H3,(H,51,64)(H,52,65)(H,53,58)(H,54,59). The second kappa shape index (κ2) is 28.5. The summed E-state index contributed by atoms with van der Waals surface area (Å²) in [6, 6.07) is 6.31. The molecule has 6 unspecified atom stereocenters. The van der Waals surface area contributed by atoms with Crippen LogP contribution in [0.5, 0.6) is 0 Å². The third-order valence-electron chi connectivity index (χ3n) is 13.0. The summed E-state index contributed by atoms with van der Waals surface area (Å²) in [6.07, 6.45) is 3.79.